The van der Waals surface area contributed by atoms with Crippen molar-refractivity contribution in [3.8, 4) is 0 Å². The average Bonchev–Trinajstić information content (AvgIpc) is 2.93. The maximum Gasteiger partial charge on any atom is 0.264 e. The second-order valence-electron chi connectivity index (χ2n) is 9.70. The molecule has 3 aromatic carbocycles. The first kappa shape index (κ1) is 29.9. The summed E-state index contributed by atoms with van der Waals surface area (Å²) in [6.07, 6.45) is 1.72. The summed E-state index contributed by atoms with van der Waals surface area (Å²) in [5.74, 6) is -0.661. The Morgan fingerprint density at radius 1 is 0.872 bits per heavy atom. The Bertz CT molecular complexity index is 1340. The fraction of sp³-hybridized carbons (Fsp3) is 0.355. The van der Waals surface area contributed by atoms with Gasteiger partial charge in [-0.05, 0) is 68.5 Å². The van der Waals surface area contributed by atoms with Crippen LogP contribution in [0.2, 0.25) is 0 Å². The molecule has 0 heterocycles. The summed E-state index contributed by atoms with van der Waals surface area (Å²) in [5.41, 5.74) is 3.23. The van der Waals surface area contributed by atoms with E-state index in [2.05, 4.69) is 5.32 Å². The number of nitrogens with zero attached hydrogens (tertiary/aromatic N) is 2. The molecule has 3 aromatic rings. The zero-order valence-electron chi connectivity index (χ0n) is 23.3. The number of hydrogen-bond donors (Lipinski definition) is 1. The maximum atomic E-state index is 14.0. The van der Waals surface area contributed by atoms with Crippen molar-refractivity contribution in [2.75, 3.05) is 23.9 Å². The minimum absolute atomic E-state index is 0.103. The number of sulfonamides is 1. The molecule has 39 heavy (non-hydrogen) atoms. The van der Waals surface area contributed by atoms with Crippen molar-refractivity contribution < 1.29 is 18.0 Å². The third-order valence-corrected chi connectivity index (χ3v) is 8.38. The van der Waals surface area contributed by atoms with Crippen LogP contribution in [0.1, 0.15) is 43.4 Å². The number of carbonyl (C=O) groups excluding carboxylic acids is 2. The van der Waals surface area contributed by atoms with Crippen molar-refractivity contribution in [3.63, 3.8) is 0 Å². The van der Waals surface area contributed by atoms with Crippen molar-refractivity contribution >= 4 is 27.5 Å². The van der Waals surface area contributed by atoms with Gasteiger partial charge in [-0.15, -0.1) is 0 Å². The average molecular weight is 550 g/mol. The highest BCUT2D eigenvalue weighted by Gasteiger charge is 2.33. The Labute approximate surface area is 232 Å². The van der Waals surface area contributed by atoms with Gasteiger partial charge in [0, 0.05) is 13.1 Å². The number of carbonyl (C=O) groups is 2. The molecule has 0 saturated carbocycles. The molecule has 0 aliphatic heterocycles. The molecule has 7 nitrogen and oxygen atoms in total. The Morgan fingerprint density at radius 2 is 1.56 bits per heavy atom. The van der Waals surface area contributed by atoms with E-state index < -0.39 is 28.5 Å². The van der Waals surface area contributed by atoms with Crippen LogP contribution in [0.3, 0.4) is 0 Å². The summed E-state index contributed by atoms with van der Waals surface area (Å²) in [4.78, 5) is 28.7. The van der Waals surface area contributed by atoms with Gasteiger partial charge < -0.3 is 10.2 Å². The molecule has 1 N–H and O–H groups in total. The van der Waals surface area contributed by atoms with Crippen LogP contribution >= 0.6 is 0 Å². The minimum Gasteiger partial charge on any atom is -0.354 e. The molecule has 8 heteroatoms. The molecule has 0 aromatic heterocycles. The number of benzene rings is 3. The van der Waals surface area contributed by atoms with E-state index in [0.29, 0.717) is 25.1 Å². The van der Waals surface area contributed by atoms with Crippen LogP contribution in [0.15, 0.2) is 83.8 Å². The lowest BCUT2D eigenvalue weighted by atomic mass is 10.1. The first-order valence-electron chi connectivity index (χ1n) is 13.4. The summed E-state index contributed by atoms with van der Waals surface area (Å²) >= 11 is 0. The molecule has 0 aliphatic rings. The number of hydrogen-bond acceptors (Lipinski definition) is 4. The van der Waals surface area contributed by atoms with Crippen molar-refractivity contribution in [1.29, 1.82) is 0 Å². The second kappa shape index (κ2) is 13.9. The van der Waals surface area contributed by atoms with Gasteiger partial charge in [0.15, 0.2) is 0 Å². The normalized spacial score (nSPS) is 12.0. The molecule has 0 radical (unpaired) electrons. The first-order valence-corrected chi connectivity index (χ1v) is 14.9. The number of nitrogens with one attached hydrogen (secondary N) is 1. The van der Waals surface area contributed by atoms with E-state index in [1.165, 1.54) is 4.90 Å². The van der Waals surface area contributed by atoms with Crippen molar-refractivity contribution in [2.45, 2.75) is 57.9 Å². The summed E-state index contributed by atoms with van der Waals surface area (Å²) in [7, 11) is -4.06. The van der Waals surface area contributed by atoms with E-state index in [0.717, 1.165) is 27.4 Å². The summed E-state index contributed by atoms with van der Waals surface area (Å²) in [5, 5.41) is 2.91. The van der Waals surface area contributed by atoms with Crippen LogP contribution < -0.4 is 9.62 Å². The number of aryl methyl sites for hydroxylation is 2. The minimum atomic E-state index is -4.06. The van der Waals surface area contributed by atoms with Crippen LogP contribution in [0.25, 0.3) is 0 Å². The molecule has 0 bridgehead atoms. The van der Waals surface area contributed by atoms with Gasteiger partial charge in [-0.2, -0.15) is 0 Å². The van der Waals surface area contributed by atoms with E-state index in [1.807, 2.05) is 64.1 Å². The number of anilines is 1. The monoisotopic (exact) mass is 549 g/mol. The van der Waals surface area contributed by atoms with Gasteiger partial charge >= 0.3 is 0 Å². The van der Waals surface area contributed by atoms with E-state index in [-0.39, 0.29) is 17.3 Å². The van der Waals surface area contributed by atoms with E-state index in [4.69, 9.17) is 0 Å². The van der Waals surface area contributed by atoms with Gasteiger partial charge in [-0.3, -0.25) is 13.9 Å². The molecule has 3 rings (SSSR count). The lowest BCUT2D eigenvalue weighted by molar-refractivity contribution is -0.139. The Hall–Kier alpha value is -3.65. The highest BCUT2D eigenvalue weighted by Crippen LogP contribution is 2.25. The molecular formula is C31H39N3O4S. The van der Waals surface area contributed by atoms with Gasteiger partial charge in [0.2, 0.25) is 11.8 Å². The summed E-state index contributed by atoms with van der Waals surface area (Å²) < 4.78 is 28.9. The predicted molar refractivity (Wildman–Crippen MR) is 156 cm³/mol. The Kier molecular flexibility index (Phi) is 10.7. The molecule has 0 spiro atoms. The summed E-state index contributed by atoms with van der Waals surface area (Å²) in [6, 6.07) is 22.7. The van der Waals surface area contributed by atoms with E-state index in [1.54, 1.807) is 42.5 Å². The molecular weight excluding hydrogens is 510 g/mol. The molecule has 0 aliphatic carbocycles. The quantitative estimate of drug-likeness (QED) is 0.329. The molecule has 2 amide bonds. The molecule has 1 atom stereocenters. The standard InChI is InChI=1S/C31H39N3O4S/c1-5-20-32-31(36)29(6-2)33(21-19-26-12-8-7-9-13-26)30(35)23-34(27-14-10-11-25(4)22-27)39(37,38)28-17-15-24(3)16-18-28/h7-18,22,29H,5-6,19-21,23H2,1-4H3,(H,32,36). The highest BCUT2D eigenvalue weighted by atomic mass is 32.2. The third kappa shape index (κ3) is 7.93. The molecule has 0 fully saturated rings. The lowest BCUT2D eigenvalue weighted by Gasteiger charge is -2.33. The zero-order chi connectivity index (χ0) is 28.4. The maximum absolute atomic E-state index is 14.0. The van der Waals surface area contributed by atoms with E-state index in [9.17, 15) is 18.0 Å². The van der Waals surface area contributed by atoms with Gasteiger partial charge in [0.1, 0.15) is 12.6 Å². The fourth-order valence-electron chi connectivity index (χ4n) is 4.41. The van der Waals surface area contributed by atoms with Crippen molar-refractivity contribution in [3.05, 3.63) is 95.6 Å². The molecule has 0 saturated heterocycles. The zero-order valence-corrected chi connectivity index (χ0v) is 24.1. The van der Waals surface area contributed by atoms with Crippen LogP contribution in [0.4, 0.5) is 5.69 Å². The second-order valence-corrected chi connectivity index (χ2v) is 11.6. The Balaban J connectivity index is 2.00. The first-order chi connectivity index (χ1) is 18.7. The molecule has 1 unspecified atom stereocenters. The fourth-order valence-corrected chi connectivity index (χ4v) is 5.82. The van der Waals surface area contributed by atoms with E-state index >= 15 is 0 Å². The third-order valence-electron chi connectivity index (χ3n) is 6.60. The van der Waals surface area contributed by atoms with Crippen molar-refractivity contribution in [2.24, 2.45) is 0 Å². The Morgan fingerprint density at radius 3 is 2.18 bits per heavy atom. The van der Waals surface area contributed by atoms with Gasteiger partial charge in [0.25, 0.3) is 10.0 Å². The van der Waals surface area contributed by atoms with Crippen LogP contribution in [-0.2, 0) is 26.0 Å². The van der Waals surface area contributed by atoms with Gasteiger partial charge in [-0.25, -0.2) is 8.42 Å². The SMILES string of the molecule is CCCNC(=O)C(CC)N(CCc1ccccc1)C(=O)CN(c1cccc(C)c1)S(=O)(=O)c1ccc(C)cc1. The van der Waals surface area contributed by atoms with Crippen molar-refractivity contribution in [1.82, 2.24) is 10.2 Å². The van der Waals surface area contributed by atoms with Crippen LogP contribution in [0.5, 0.6) is 0 Å². The van der Waals surface area contributed by atoms with Gasteiger partial charge in [-0.1, -0.05) is 74.0 Å². The smallest absolute Gasteiger partial charge is 0.264 e. The lowest BCUT2D eigenvalue weighted by Crippen LogP contribution is -2.53. The van der Waals surface area contributed by atoms with Crippen LogP contribution in [-0.4, -0.2) is 50.8 Å². The number of rotatable bonds is 13. The number of amides is 2. The van der Waals surface area contributed by atoms with Crippen LogP contribution in [0, 0.1) is 13.8 Å². The largest absolute Gasteiger partial charge is 0.354 e. The van der Waals surface area contributed by atoms with Gasteiger partial charge in [0.05, 0.1) is 10.6 Å². The predicted octanol–water partition coefficient (Wildman–Crippen LogP) is 4.87. The highest BCUT2D eigenvalue weighted by molar-refractivity contribution is 7.92. The molecule has 208 valence electrons. The topological polar surface area (TPSA) is 86.8 Å². The summed E-state index contributed by atoms with van der Waals surface area (Å²) in [6.45, 7) is 7.96.